The van der Waals surface area contributed by atoms with E-state index in [9.17, 15) is 5.11 Å². The van der Waals surface area contributed by atoms with Gasteiger partial charge in [-0.25, -0.2) is 0 Å². The van der Waals surface area contributed by atoms with Crippen molar-refractivity contribution in [3.05, 3.63) is 33.8 Å². The van der Waals surface area contributed by atoms with E-state index >= 15 is 0 Å². The van der Waals surface area contributed by atoms with Gasteiger partial charge in [0.25, 0.3) is 0 Å². The highest BCUT2D eigenvalue weighted by atomic mass is 35.5. The minimum atomic E-state index is -0.0591. The maximum absolute atomic E-state index is 9.99. The lowest BCUT2D eigenvalue weighted by molar-refractivity contribution is 0.0369. The molecule has 1 fully saturated rings. The topological polar surface area (TPSA) is 20.2 Å². The van der Waals surface area contributed by atoms with E-state index in [1.165, 1.54) is 12.8 Å². The van der Waals surface area contributed by atoms with Gasteiger partial charge in [-0.3, -0.25) is 0 Å². The molecule has 0 atom stereocenters. The molecule has 0 amide bonds. The molecule has 0 bridgehead atoms. The van der Waals surface area contributed by atoms with Gasteiger partial charge in [0.15, 0.2) is 0 Å². The van der Waals surface area contributed by atoms with Crippen LogP contribution in [0.25, 0.3) is 0 Å². The van der Waals surface area contributed by atoms with Gasteiger partial charge in [-0.15, -0.1) is 0 Å². The summed E-state index contributed by atoms with van der Waals surface area (Å²) < 4.78 is 0. The molecule has 118 valence electrons. The van der Waals surface area contributed by atoms with Gasteiger partial charge >= 0.3 is 0 Å². The number of rotatable bonds is 3. The standard InChI is InChI=1S/C18H26Cl2O/c1-17(2,3)13-7-9-18(12-21,10-8-13)11-14-15(19)5-4-6-16(14)20/h4-6,13,21H,7-12H2,1-3H3. The van der Waals surface area contributed by atoms with Crippen molar-refractivity contribution in [2.24, 2.45) is 16.7 Å². The van der Waals surface area contributed by atoms with Crippen LogP contribution in [0.15, 0.2) is 18.2 Å². The quantitative estimate of drug-likeness (QED) is 0.748. The van der Waals surface area contributed by atoms with Crippen molar-refractivity contribution < 1.29 is 5.11 Å². The van der Waals surface area contributed by atoms with Crippen molar-refractivity contribution in [2.45, 2.75) is 52.9 Å². The Morgan fingerprint density at radius 2 is 1.67 bits per heavy atom. The summed E-state index contributed by atoms with van der Waals surface area (Å²) >= 11 is 12.6. The average molecular weight is 329 g/mol. The zero-order valence-corrected chi connectivity index (χ0v) is 14.8. The van der Waals surface area contributed by atoms with Crippen molar-refractivity contribution in [1.82, 2.24) is 0 Å². The smallest absolute Gasteiger partial charge is 0.0490 e. The van der Waals surface area contributed by atoms with E-state index < -0.39 is 0 Å². The van der Waals surface area contributed by atoms with Crippen molar-refractivity contribution in [3.8, 4) is 0 Å². The molecule has 0 heterocycles. The molecule has 0 spiro atoms. The van der Waals surface area contributed by atoms with E-state index in [1.54, 1.807) is 0 Å². The Morgan fingerprint density at radius 3 is 2.10 bits per heavy atom. The fourth-order valence-corrected chi connectivity index (χ4v) is 4.09. The van der Waals surface area contributed by atoms with E-state index in [0.29, 0.717) is 15.5 Å². The predicted molar refractivity (Wildman–Crippen MR) is 91.1 cm³/mol. The lowest BCUT2D eigenvalue weighted by Gasteiger charge is -2.43. The molecule has 1 aliphatic rings. The fraction of sp³-hybridized carbons (Fsp3) is 0.667. The van der Waals surface area contributed by atoms with Crippen molar-refractivity contribution in [3.63, 3.8) is 0 Å². The second kappa shape index (κ2) is 6.48. The highest BCUT2D eigenvalue weighted by molar-refractivity contribution is 6.36. The number of benzene rings is 1. The van der Waals surface area contributed by atoms with Gasteiger partial charge in [-0.05, 0) is 66.5 Å². The Kier molecular flexibility index (Phi) is 5.28. The van der Waals surface area contributed by atoms with Gasteiger partial charge in [-0.1, -0.05) is 50.0 Å². The highest BCUT2D eigenvalue weighted by Crippen LogP contribution is 2.47. The number of halogens is 2. The molecular weight excluding hydrogens is 303 g/mol. The van der Waals surface area contributed by atoms with Crippen LogP contribution in [0.1, 0.15) is 52.0 Å². The molecule has 21 heavy (non-hydrogen) atoms. The monoisotopic (exact) mass is 328 g/mol. The van der Waals surface area contributed by atoms with E-state index in [0.717, 1.165) is 30.7 Å². The number of aliphatic hydroxyl groups is 1. The molecule has 0 saturated heterocycles. The molecule has 0 radical (unpaired) electrons. The van der Waals surface area contributed by atoms with Crippen LogP contribution in [0.5, 0.6) is 0 Å². The number of hydrogen-bond acceptors (Lipinski definition) is 1. The Hall–Kier alpha value is -0.240. The van der Waals surface area contributed by atoms with Crippen LogP contribution in [0.3, 0.4) is 0 Å². The van der Waals surface area contributed by atoms with Gasteiger partial charge < -0.3 is 5.11 Å². The molecule has 0 aromatic heterocycles. The van der Waals surface area contributed by atoms with Crippen LogP contribution >= 0.6 is 23.2 Å². The molecule has 2 rings (SSSR count). The molecule has 1 aromatic carbocycles. The summed E-state index contributed by atoms with van der Waals surface area (Å²) in [5.74, 6) is 0.735. The zero-order chi connectivity index (χ0) is 15.7. The van der Waals surface area contributed by atoms with Gasteiger partial charge in [-0.2, -0.15) is 0 Å². The zero-order valence-electron chi connectivity index (χ0n) is 13.3. The number of aliphatic hydroxyl groups excluding tert-OH is 1. The lowest BCUT2D eigenvalue weighted by atomic mass is 9.62. The Labute approximate surface area is 138 Å². The Morgan fingerprint density at radius 1 is 1.14 bits per heavy atom. The third kappa shape index (κ3) is 3.94. The largest absolute Gasteiger partial charge is 0.396 e. The predicted octanol–water partition coefficient (Wildman–Crippen LogP) is 5.75. The van der Waals surface area contributed by atoms with Crippen LogP contribution < -0.4 is 0 Å². The minimum Gasteiger partial charge on any atom is -0.396 e. The molecule has 1 saturated carbocycles. The first kappa shape index (κ1) is 17.1. The summed E-state index contributed by atoms with van der Waals surface area (Å²) in [7, 11) is 0. The van der Waals surface area contributed by atoms with Crippen LogP contribution in [-0.4, -0.2) is 11.7 Å². The molecule has 1 nitrogen and oxygen atoms in total. The molecule has 1 aromatic rings. The Bertz CT molecular complexity index is 462. The van der Waals surface area contributed by atoms with Gasteiger partial charge in [0.1, 0.15) is 0 Å². The minimum absolute atomic E-state index is 0.0591. The lowest BCUT2D eigenvalue weighted by Crippen LogP contribution is -2.36. The maximum Gasteiger partial charge on any atom is 0.0490 e. The first-order valence-electron chi connectivity index (χ1n) is 7.81. The summed E-state index contributed by atoms with van der Waals surface area (Å²) in [6.45, 7) is 7.16. The van der Waals surface area contributed by atoms with Crippen LogP contribution in [0.2, 0.25) is 10.0 Å². The SMILES string of the molecule is CC(C)(C)C1CCC(CO)(Cc2c(Cl)cccc2Cl)CC1. The molecule has 1 N–H and O–H groups in total. The summed E-state index contributed by atoms with van der Waals surface area (Å²) in [4.78, 5) is 0. The first-order valence-corrected chi connectivity index (χ1v) is 8.57. The van der Waals surface area contributed by atoms with Gasteiger partial charge in [0, 0.05) is 16.7 Å². The van der Waals surface area contributed by atoms with Gasteiger partial charge in [0.05, 0.1) is 0 Å². The third-order valence-corrected chi connectivity index (χ3v) is 5.93. The first-order chi connectivity index (χ1) is 9.77. The van der Waals surface area contributed by atoms with E-state index in [-0.39, 0.29) is 12.0 Å². The molecule has 1 aliphatic carbocycles. The van der Waals surface area contributed by atoms with E-state index in [2.05, 4.69) is 20.8 Å². The summed E-state index contributed by atoms with van der Waals surface area (Å²) in [5.41, 5.74) is 1.28. The summed E-state index contributed by atoms with van der Waals surface area (Å²) in [5, 5.41) is 11.4. The van der Waals surface area contributed by atoms with Gasteiger partial charge in [0.2, 0.25) is 0 Å². The van der Waals surface area contributed by atoms with Crippen molar-refractivity contribution in [2.75, 3.05) is 6.61 Å². The molecular formula is C18H26Cl2O. The maximum atomic E-state index is 9.99. The van der Waals surface area contributed by atoms with Crippen molar-refractivity contribution in [1.29, 1.82) is 0 Å². The second-order valence-corrected chi connectivity index (χ2v) is 8.49. The summed E-state index contributed by atoms with van der Waals surface area (Å²) in [6.07, 6.45) is 5.22. The average Bonchev–Trinajstić information content (AvgIpc) is 2.43. The summed E-state index contributed by atoms with van der Waals surface area (Å²) in [6, 6.07) is 5.64. The van der Waals surface area contributed by atoms with E-state index in [4.69, 9.17) is 23.2 Å². The molecule has 3 heteroatoms. The Balaban J connectivity index is 2.14. The number of hydrogen-bond donors (Lipinski definition) is 1. The second-order valence-electron chi connectivity index (χ2n) is 7.68. The van der Waals surface area contributed by atoms with Crippen LogP contribution in [0, 0.1) is 16.7 Å². The normalized spacial score (nSPS) is 26.9. The van der Waals surface area contributed by atoms with E-state index in [1.807, 2.05) is 18.2 Å². The highest BCUT2D eigenvalue weighted by Gasteiger charge is 2.39. The molecule has 0 unspecified atom stereocenters. The van der Waals surface area contributed by atoms with Crippen LogP contribution in [-0.2, 0) is 6.42 Å². The third-order valence-electron chi connectivity index (χ3n) is 5.22. The van der Waals surface area contributed by atoms with Crippen molar-refractivity contribution >= 4 is 23.2 Å². The molecule has 0 aliphatic heterocycles. The van der Waals surface area contributed by atoms with Crippen LogP contribution in [0.4, 0.5) is 0 Å². The fourth-order valence-electron chi connectivity index (χ4n) is 3.56.